The highest BCUT2D eigenvalue weighted by atomic mass is 79.9. The molecular formula is C13H15BrN2O. The van der Waals surface area contributed by atoms with E-state index >= 15 is 0 Å². The van der Waals surface area contributed by atoms with Gasteiger partial charge in [0, 0.05) is 16.7 Å². The molecule has 0 unspecified atom stereocenters. The molecule has 17 heavy (non-hydrogen) atoms. The van der Waals surface area contributed by atoms with Gasteiger partial charge in [-0.25, -0.2) is 0 Å². The van der Waals surface area contributed by atoms with Gasteiger partial charge in [0.1, 0.15) is 5.76 Å². The second kappa shape index (κ2) is 5.38. The number of benzene rings is 1. The summed E-state index contributed by atoms with van der Waals surface area (Å²) in [6.45, 7) is 1.61. The van der Waals surface area contributed by atoms with Crippen LogP contribution in [0.3, 0.4) is 0 Å². The lowest BCUT2D eigenvalue weighted by Crippen LogP contribution is -2.17. The van der Waals surface area contributed by atoms with Gasteiger partial charge in [-0.3, -0.25) is 4.90 Å². The minimum atomic E-state index is 0.772. The second-order valence-electron chi connectivity index (χ2n) is 4.07. The van der Waals surface area contributed by atoms with Gasteiger partial charge in [-0.1, -0.05) is 12.1 Å². The van der Waals surface area contributed by atoms with Crippen molar-refractivity contribution in [1.82, 2.24) is 4.90 Å². The molecule has 3 nitrogen and oxygen atoms in total. The molecule has 0 aliphatic carbocycles. The highest BCUT2D eigenvalue weighted by molar-refractivity contribution is 9.10. The molecule has 0 atom stereocenters. The van der Waals surface area contributed by atoms with Crippen LogP contribution in [0.5, 0.6) is 0 Å². The van der Waals surface area contributed by atoms with E-state index in [4.69, 9.17) is 10.2 Å². The zero-order chi connectivity index (χ0) is 12.3. The van der Waals surface area contributed by atoms with Crippen molar-refractivity contribution in [3.63, 3.8) is 0 Å². The molecule has 90 valence electrons. The molecule has 1 aromatic heterocycles. The summed E-state index contributed by atoms with van der Waals surface area (Å²) in [5.41, 5.74) is 7.80. The molecule has 2 rings (SSSR count). The van der Waals surface area contributed by atoms with Crippen LogP contribution in [0, 0.1) is 0 Å². The number of nitrogens with zero attached hydrogens (tertiary/aromatic N) is 1. The summed E-state index contributed by atoms with van der Waals surface area (Å²) in [4.78, 5) is 2.18. The van der Waals surface area contributed by atoms with E-state index in [-0.39, 0.29) is 0 Å². The zero-order valence-corrected chi connectivity index (χ0v) is 11.3. The van der Waals surface area contributed by atoms with E-state index in [1.807, 2.05) is 24.3 Å². The Balaban J connectivity index is 2.03. The van der Waals surface area contributed by atoms with Crippen LogP contribution >= 0.6 is 15.9 Å². The molecule has 0 amide bonds. The quantitative estimate of drug-likeness (QED) is 0.880. The van der Waals surface area contributed by atoms with Crippen LogP contribution in [0.4, 0.5) is 5.69 Å². The predicted molar refractivity (Wildman–Crippen MR) is 72.4 cm³/mol. The summed E-state index contributed by atoms with van der Waals surface area (Å²) < 4.78 is 6.30. The third-order valence-electron chi connectivity index (χ3n) is 2.55. The molecule has 2 aromatic rings. The average Bonchev–Trinajstić information content (AvgIpc) is 2.77. The molecular weight excluding hydrogens is 280 g/mol. The second-order valence-corrected chi connectivity index (χ2v) is 4.86. The fourth-order valence-electron chi connectivity index (χ4n) is 1.74. The number of anilines is 1. The minimum Gasteiger partial charge on any atom is -0.468 e. The van der Waals surface area contributed by atoms with Gasteiger partial charge >= 0.3 is 0 Å². The van der Waals surface area contributed by atoms with Gasteiger partial charge in [0.2, 0.25) is 0 Å². The fraction of sp³-hybridized carbons (Fsp3) is 0.231. The number of hydrogen-bond acceptors (Lipinski definition) is 3. The Morgan fingerprint density at radius 1 is 1.24 bits per heavy atom. The Bertz CT molecular complexity index is 482. The fourth-order valence-corrected chi connectivity index (χ4v) is 2.13. The van der Waals surface area contributed by atoms with Gasteiger partial charge in [0.05, 0.1) is 12.8 Å². The van der Waals surface area contributed by atoms with Crippen molar-refractivity contribution >= 4 is 21.6 Å². The summed E-state index contributed by atoms with van der Waals surface area (Å²) in [7, 11) is 2.05. The smallest absolute Gasteiger partial charge is 0.117 e. The Hall–Kier alpha value is -1.26. The number of hydrogen-bond donors (Lipinski definition) is 1. The molecule has 0 radical (unpaired) electrons. The lowest BCUT2D eigenvalue weighted by Gasteiger charge is -2.16. The maximum absolute atomic E-state index is 5.85. The Morgan fingerprint density at radius 2 is 2.06 bits per heavy atom. The molecule has 1 heterocycles. The first kappa shape index (κ1) is 12.2. The van der Waals surface area contributed by atoms with Crippen LogP contribution < -0.4 is 5.73 Å². The number of nitrogens with two attached hydrogens (primary N) is 1. The van der Waals surface area contributed by atoms with Gasteiger partial charge in [-0.2, -0.15) is 0 Å². The SMILES string of the molecule is CN(Cc1ccco1)Cc1cccc(N)c1Br. The normalized spacial score (nSPS) is 11.0. The van der Waals surface area contributed by atoms with Gasteiger partial charge in [-0.15, -0.1) is 0 Å². The molecule has 4 heteroatoms. The molecule has 0 aliphatic heterocycles. The first-order valence-electron chi connectivity index (χ1n) is 5.40. The average molecular weight is 295 g/mol. The summed E-state index contributed by atoms with van der Waals surface area (Å²) >= 11 is 3.51. The standard InChI is InChI=1S/C13H15BrN2O/c1-16(9-11-5-3-7-17-11)8-10-4-2-6-12(15)13(10)14/h2-7H,8-9,15H2,1H3. The number of furan rings is 1. The predicted octanol–water partition coefficient (Wildman–Crippen LogP) is 3.26. The molecule has 0 fully saturated rings. The molecule has 0 saturated heterocycles. The van der Waals surface area contributed by atoms with E-state index in [0.29, 0.717) is 0 Å². The van der Waals surface area contributed by atoms with E-state index < -0.39 is 0 Å². The van der Waals surface area contributed by atoms with Crippen molar-refractivity contribution in [3.05, 3.63) is 52.4 Å². The van der Waals surface area contributed by atoms with Crippen molar-refractivity contribution < 1.29 is 4.42 Å². The lowest BCUT2D eigenvalue weighted by atomic mass is 10.2. The van der Waals surface area contributed by atoms with Crippen LogP contribution in [0.2, 0.25) is 0 Å². The highest BCUT2D eigenvalue weighted by Crippen LogP contribution is 2.24. The van der Waals surface area contributed by atoms with E-state index in [9.17, 15) is 0 Å². The largest absolute Gasteiger partial charge is 0.468 e. The van der Waals surface area contributed by atoms with Gasteiger partial charge in [0.15, 0.2) is 0 Å². The Kier molecular flexibility index (Phi) is 3.86. The van der Waals surface area contributed by atoms with Crippen LogP contribution in [0.25, 0.3) is 0 Å². The maximum atomic E-state index is 5.85. The molecule has 0 aliphatic rings. The Labute approximate surface area is 109 Å². The van der Waals surface area contributed by atoms with Crippen LogP contribution in [-0.2, 0) is 13.1 Å². The number of nitrogen functional groups attached to an aromatic ring is 1. The van der Waals surface area contributed by atoms with Crippen molar-refractivity contribution in [2.24, 2.45) is 0 Å². The molecule has 2 N–H and O–H groups in total. The van der Waals surface area contributed by atoms with E-state index in [1.54, 1.807) is 6.26 Å². The van der Waals surface area contributed by atoms with Crippen LogP contribution in [0.1, 0.15) is 11.3 Å². The van der Waals surface area contributed by atoms with Gasteiger partial charge < -0.3 is 10.2 Å². The molecule has 1 aromatic carbocycles. The van der Waals surface area contributed by atoms with Crippen molar-refractivity contribution in [2.45, 2.75) is 13.1 Å². The Morgan fingerprint density at radius 3 is 2.76 bits per heavy atom. The van der Waals surface area contributed by atoms with Crippen molar-refractivity contribution in [3.8, 4) is 0 Å². The highest BCUT2D eigenvalue weighted by Gasteiger charge is 2.07. The first-order valence-corrected chi connectivity index (χ1v) is 6.20. The van der Waals surface area contributed by atoms with Gasteiger partial charge in [0.25, 0.3) is 0 Å². The monoisotopic (exact) mass is 294 g/mol. The zero-order valence-electron chi connectivity index (χ0n) is 9.69. The van der Waals surface area contributed by atoms with E-state index in [0.717, 1.165) is 29.0 Å². The third-order valence-corrected chi connectivity index (χ3v) is 3.52. The topological polar surface area (TPSA) is 42.4 Å². The number of halogens is 1. The summed E-state index contributed by atoms with van der Waals surface area (Å²) in [6, 6.07) is 9.81. The third kappa shape index (κ3) is 3.11. The van der Waals surface area contributed by atoms with Crippen molar-refractivity contribution in [1.29, 1.82) is 0 Å². The maximum Gasteiger partial charge on any atom is 0.117 e. The molecule has 0 spiro atoms. The summed E-state index contributed by atoms with van der Waals surface area (Å²) in [5.74, 6) is 0.965. The summed E-state index contributed by atoms with van der Waals surface area (Å²) in [6.07, 6.45) is 1.69. The first-order chi connectivity index (χ1) is 8.16. The van der Waals surface area contributed by atoms with Crippen LogP contribution in [0.15, 0.2) is 45.5 Å². The minimum absolute atomic E-state index is 0.772. The van der Waals surface area contributed by atoms with Gasteiger partial charge in [-0.05, 0) is 46.7 Å². The summed E-state index contributed by atoms with van der Waals surface area (Å²) in [5, 5.41) is 0. The lowest BCUT2D eigenvalue weighted by molar-refractivity contribution is 0.287. The van der Waals surface area contributed by atoms with Crippen molar-refractivity contribution in [2.75, 3.05) is 12.8 Å². The van der Waals surface area contributed by atoms with E-state index in [1.165, 1.54) is 5.56 Å². The number of rotatable bonds is 4. The van der Waals surface area contributed by atoms with E-state index in [2.05, 4.69) is 33.9 Å². The van der Waals surface area contributed by atoms with Crippen LogP contribution in [-0.4, -0.2) is 11.9 Å². The molecule has 0 bridgehead atoms. The molecule has 0 saturated carbocycles.